The third kappa shape index (κ3) is 6.63. The van der Waals surface area contributed by atoms with Gasteiger partial charge in [0.15, 0.2) is 0 Å². The van der Waals surface area contributed by atoms with Crippen molar-refractivity contribution in [2.75, 3.05) is 0 Å². The number of unbranched alkanes of at least 4 members (excludes halogenated alkanes) is 1. The summed E-state index contributed by atoms with van der Waals surface area (Å²) >= 11 is 0. The number of rotatable bonds is 12. The van der Waals surface area contributed by atoms with Gasteiger partial charge in [-0.3, -0.25) is 14.2 Å². The van der Waals surface area contributed by atoms with Gasteiger partial charge in [0.2, 0.25) is 0 Å². The predicted molar refractivity (Wildman–Crippen MR) is 241 cm³/mol. The number of benzene rings is 5. The number of aromatic nitrogens is 1. The number of hydrogen-bond acceptors (Lipinski definition) is 3. The highest BCUT2D eigenvalue weighted by Gasteiger charge is 2.39. The van der Waals surface area contributed by atoms with Gasteiger partial charge in [-0.15, -0.1) is 0 Å². The molecule has 1 unspecified atom stereocenters. The van der Waals surface area contributed by atoms with Crippen LogP contribution in [0, 0.1) is 11.3 Å². The smallest absolute Gasteiger partial charge is 0.261 e. The number of nitrogens with zero attached hydrogens (tertiary/aromatic N) is 1. The molecule has 7 aromatic rings. The average molecular weight is 756 g/mol. The highest BCUT2D eigenvalue weighted by Crippen LogP contribution is 2.50. The molecule has 0 radical (unpaired) electrons. The van der Waals surface area contributed by atoms with Gasteiger partial charge in [-0.05, 0) is 117 Å². The molecule has 2 aliphatic rings. The molecule has 4 heteroatoms. The fourth-order valence-electron chi connectivity index (χ4n) is 9.95. The van der Waals surface area contributed by atoms with E-state index in [1.54, 1.807) is 4.57 Å². The average Bonchev–Trinajstić information content (AvgIpc) is 4.14. The van der Waals surface area contributed by atoms with Crippen LogP contribution in [0.25, 0.3) is 71.3 Å². The summed E-state index contributed by atoms with van der Waals surface area (Å²) in [4.78, 5) is 29.8. The lowest BCUT2D eigenvalue weighted by molar-refractivity contribution is 0.284. The number of fused-ring (bicyclic) bond motifs is 2. The first-order valence-corrected chi connectivity index (χ1v) is 21.5. The molecule has 2 aliphatic carbocycles. The van der Waals surface area contributed by atoms with Gasteiger partial charge < -0.3 is 4.42 Å². The Kier molecular flexibility index (Phi) is 8.95. The quantitative estimate of drug-likeness (QED) is 0.0922. The molecule has 0 N–H and O–H groups in total. The third-order valence-electron chi connectivity index (χ3n) is 13.4. The van der Waals surface area contributed by atoms with Crippen LogP contribution >= 0.6 is 0 Å². The van der Waals surface area contributed by atoms with Crippen molar-refractivity contribution in [3.05, 3.63) is 122 Å². The van der Waals surface area contributed by atoms with Crippen molar-refractivity contribution in [3.8, 4) is 22.3 Å². The fourth-order valence-corrected chi connectivity index (χ4v) is 9.95. The zero-order valence-electron chi connectivity index (χ0n) is 35.2. The molecule has 9 rings (SSSR count). The summed E-state index contributed by atoms with van der Waals surface area (Å²) < 4.78 is 8.67. The second-order valence-electron chi connectivity index (χ2n) is 19.6. The molecule has 292 valence electrons. The highest BCUT2D eigenvalue weighted by molar-refractivity contribution is 6.32. The first kappa shape index (κ1) is 37.6. The Morgan fingerprint density at radius 2 is 1.35 bits per heavy atom. The summed E-state index contributed by atoms with van der Waals surface area (Å²) in [6, 6.07) is 28.6. The molecular formula is C53H57NO3. The first-order valence-electron chi connectivity index (χ1n) is 21.5. The molecular weight excluding hydrogens is 699 g/mol. The molecule has 0 amide bonds. The standard InChI is InChI=1S/C53H57NO3/c1-9-11-12-32(10-2)30-54-49(55)42-28-39(35-19-21-37(22-20-35)53(8)25-26-53)45-41-27-38(52(6,7)31-51(3,4)5)23-24-44(41)57-48-40(29-43(50(54)56)46(42)47(45)48)36-17-15-34(16-18-36)33-13-14-33/h13,15-24,27-29,32H,9-12,14,25-26,30-31H2,1-8H3. The lowest BCUT2D eigenvalue weighted by atomic mass is 9.72. The fraction of sp³-hybridized carbons (Fsp3) is 0.396. The molecule has 1 atom stereocenters. The summed E-state index contributed by atoms with van der Waals surface area (Å²) in [6.45, 7) is 18.7. The van der Waals surface area contributed by atoms with Gasteiger partial charge >= 0.3 is 0 Å². The van der Waals surface area contributed by atoms with Crippen LogP contribution < -0.4 is 11.1 Å². The summed E-state index contributed by atoms with van der Waals surface area (Å²) in [5.74, 6) is 0.247. The molecule has 0 saturated heterocycles. The molecule has 1 fully saturated rings. The maximum absolute atomic E-state index is 14.9. The van der Waals surface area contributed by atoms with Gasteiger partial charge in [0.1, 0.15) is 11.2 Å². The second kappa shape index (κ2) is 13.6. The Morgan fingerprint density at radius 3 is 1.95 bits per heavy atom. The van der Waals surface area contributed by atoms with Crippen LogP contribution in [-0.4, -0.2) is 4.57 Å². The van der Waals surface area contributed by atoms with Crippen LogP contribution in [-0.2, 0) is 17.4 Å². The minimum absolute atomic E-state index is 0.106. The number of hydrogen-bond donors (Lipinski definition) is 0. The van der Waals surface area contributed by atoms with E-state index in [1.807, 2.05) is 6.07 Å². The maximum atomic E-state index is 14.9. The van der Waals surface area contributed by atoms with Gasteiger partial charge in [0.25, 0.3) is 11.1 Å². The largest absolute Gasteiger partial charge is 0.455 e. The van der Waals surface area contributed by atoms with Crippen LogP contribution in [0.1, 0.15) is 123 Å². The van der Waals surface area contributed by atoms with E-state index in [9.17, 15) is 9.59 Å². The monoisotopic (exact) mass is 755 g/mol. The zero-order chi connectivity index (χ0) is 40.0. The highest BCUT2D eigenvalue weighted by atomic mass is 16.3. The Labute approximate surface area is 337 Å². The van der Waals surface area contributed by atoms with Gasteiger partial charge in [-0.2, -0.15) is 0 Å². The van der Waals surface area contributed by atoms with Crippen molar-refractivity contribution in [1.29, 1.82) is 0 Å². The van der Waals surface area contributed by atoms with E-state index in [2.05, 4.69) is 134 Å². The van der Waals surface area contributed by atoms with Crippen LogP contribution in [0.2, 0.25) is 0 Å². The van der Waals surface area contributed by atoms with E-state index in [0.717, 1.165) is 82.5 Å². The molecule has 1 saturated carbocycles. The van der Waals surface area contributed by atoms with E-state index in [0.29, 0.717) is 28.3 Å². The van der Waals surface area contributed by atoms with E-state index in [4.69, 9.17) is 4.42 Å². The van der Waals surface area contributed by atoms with Crippen molar-refractivity contribution in [2.24, 2.45) is 11.3 Å². The van der Waals surface area contributed by atoms with E-state index in [1.165, 1.54) is 35.1 Å². The van der Waals surface area contributed by atoms with Crippen LogP contribution in [0.4, 0.5) is 0 Å². The molecule has 2 aromatic heterocycles. The second-order valence-corrected chi connectivity index (χ2v) is 19.6. The summed E-state index contributed by atoms with van der Waals surface area (Å²) in [5.41, 5.74) is 10.5. The maximum Gasteiger partial charge on any atom is 0.261 e. The molecule has 2 heterocycles. The normalized spacial score (nSPS) is 15.9. The molecule has 4 nitrogen and oxygen atoms in total. The van der Waals surface area contributed by atoms with E-state index < -0.39 is 0 Å². The van der Waals surface area contributed by atoms with Crippen molar-refractivity contribution in [2.45, 2.75) is 124 Å². The van der Waals surface area contributed by atoms with Crippen molar-refractivity contribution >= 4 is 49.1 Å². The summed E-state index contributed by atoms with van der Waals surface area (Å²) in [7, 11) is 0. The van der Waals surface area contributed by atoms with E-state index in [-0.39, 0.29) is 33.3 Å². The minimum Gasteiger partial charge on any atom is -0.455 e. The number of allylic oxidation sites excluding steroid dienone is 2. The van der Waals surface area contributed by atoms with Crippen LogP contribution in [0.15, 0.2) is 98.9 Å². The van der Waals surface area contributed by atoms with Gasteiger partial charge in [-0.1, -0.05) is 135 Å². The van der Waals surface area contributed by atoms with Crippen molar-refractivity contribution in [1.82, 2.24) is 4.57 Å². The molecule has 57 heavy (non-hydrogen) atoms. The van der Waals surface area contributed by atoms with E-state index >= 15 is 0 Å². The lowest BCUT2D eigenvalue weighted by Crippen LogP contribution is -2.35. The topological polar surface area (TPSA) is 52.2 Å². The van der Waals surface area contributed by atoms with Crippen molar-refractivity contribution in [3.63, 3.8) is 0 Å². The zero-order valence-corrected chi connectivity index (χ0v) is 35.2. The van der Waals surface area contributed by atoms with Gasteiger partial charge in [-0.25, -0.2) is 0 Å². The Morgan fingerprint density at radius 1 is 0.737 bits per heavy atom. The van der Waals surface area contributed by atoms with Crippen LogP contribution in [0.3, 0.4) is 0 Å². The number of pyridine rings is 1. The van der Waals surface area contributed by atoms with Crippen LogP contribution in [0.5, 0.6) is 0 Å². The Hall–Kier alpha value is -4.96. The SMILES string of the molecule is CCCCC(CC)Cn1c(=O)c2cc(-c3ccc(C4=CC4)cc3)c3oc4ccc(C(C)(C)CC(C)(C)C)cc4c4c(-c5ccc(C6(C)CC6)cc5)cc(c1=O)c2c34. The summed E-state index contributed by atoms with van der Waals surface area (Å²) in [5, 5.41) is 4.79. The Bertz CT molecular complexity index is 2840. The molecule has 0 spiro atoms. The molecule has 5 aromatic carbocycles. The predicted octanol–water partition coefficient (Wildman–Crippen LogP) is 14.0. The minimum atomic E-state index is -0.207. The van der Waals surface area contributed by atoms with Crippen molar-refractivity contribution < 1.29 is 4.42 Å². The van der Waals surface area contributed by atoms with Gasteiger partial charge in [0.05, 0.1) is 0 Å². The Balaban J connectivity index is 1.42. The lowest BCUT2D eigenvalue weighted by Gasteiger charge is -2.33. The molecule has 0 aliphatic heterocycles. The molecule has 0 bridgehead atoms. The first-order chi connectivity index (χ1) is 27.2. The van der Waals surface area contributed by atoms with Gasteiger partial charge in [0, 0.05) is 44.4 Å². The summed E-state index contributed by atoms with van der Waals surface area (Å²) in [6.07, 6.45) is 10.8. The third-order valence-corrected chi connectivity index (χ3v) is 13.4.